The zero-order valence-electron chi connectivity index (χ0n) is 12.9. The third kappa shape index (κ3) is 2.14. The SMILES string of the molecule is C[C@H]1Cc2c([nH]c3ccccc23)[C@@H](c2ccc(F)cc2)[C@H]1C#N. The summed E-state index contributed by atoms with van der Waals surface area (Å²) in [7, 11) is 0. The number of H-pyrrole nitrogens is 1. The van der Waals surface area contributed by atoms with Gasteiger partial charge in [0, 0.05) is 22.5 Å². The fourth-order valence-electron chi connectivity index (χ4n) is 3.91. The number of nitrogens with zero attached hydrogens (tertiary/aromatic N) is 1. The van der Waals surface area contributed by atoms with Gasteiger partial charge in [0.1, 0.15) is 5.82 Å². The number of hydrogen-bond donors (Lipinski definition) is 1. The fraction of sp³-hybridized carbons (Fsp3) is 0.250. The number of nitriles is 1. The highest BCUT2D eigenvalue weighted by Gasteiger charge is 2.37. The maximum Gasteiger partial charge on any atom is 0.123 e. The summed E-state index contributed by atoms with van der Waals surface area (Å²) in [6, 6.07) is 17.3. The van der Waals surface area contributed by atoms with Gasteiger partial charge in [-0.1, -0.05) is 37.3 Å². The average molecular weight is 304 g/mol. The molecule has 0 unspecified atom stereocenters. The second kappa shape index (κ2) is 5.24. The van der Waals surface area contributed by atoms with Gasteiger partial charge in [0.15, 0.2) is 0 Å². The molecule has 0 saturated carbocycles. The maximum absolute atomic E-state index is 13.3. The molecule has 0 fully saturated rings. The molecule has 4 rings (SSSR count). The van der Waals surface area contributed by atoms with Gasteiger partial charge in [0.05, 0.1) is 12.0 Å². The predicted octanol–water partition coefficient (Wildman–Crippen LogP) is 4.77. The van der Waals surface area contributed by atoms with Crippen LogP contribution in [0.1, 0.15) is 29.7 Å². The van der Waals surface area contributed by atoms with Crippen LogP contribution in [0, 0.1) is 29.0 Å². The number of rotatable bonds is 1. The summed E-state index contributed by atoms with van der Waals surface area (Å²) in [6.45, 7) is 2.13. The number of aromatic nitrogens is 1. The van der Waals surface area contributed by atoms with Crippen LogP contribution in [0.3, 0.4) is 0 Å². The molecule has 1 heterocycles. The number of benzene rings is 2. The van der Waals surface area contributed by atoms with E-state index in [2.05, 4.69) is 30.1 Å². The Morgan fingerprint density at radius 1 is 1.13 bits per heavy atom. The van der Waals surface area contributed by atoms with E-state index in [0.717, 1.165) is 23.2 Å². The normalized spacial score (nSPS) is 23.4. The van der Waals surface area contributed by atoms with Crippen molar-refractivity contribution < 1.29 is 4.39 Å². The van der Waals surface area contributed by atoms with E-state index in [1.807, 2.05) is 12.1 Å². The quantitative estimate of drug-likeness (QED) is 0.691. The standard InChI is InChI=1S/C20H17FN2/c1-12-10-16-15-4-2-3-5-18(15)23-20(16)19(17(12)11-22)13-6-8-14(21)9-7-13/h2-9,12,17,19,23H,10H2,1H3/t12-,17-,19-/m0/s1. The predicted molar refractivity (Wildman–Crippen MR) is 88.5 cm³/mol. The number of hydrogen-bond acceptors (Lipinski definition) is 1. The Hall–Kier alpha value is -2.60. The average Bonchev–Trinajstić information content (AvgIpc) is 2.93. The topological polar surface area (TPSA) is 39.6 Å². The molecule has 0 aliphatic heterocycles. The van der Waals surface area contributed by atoms with Crippen molar-refractivity contribution in [3.63, 3.8) is 0 Å². The highest BCUT2D eigenvalue weighted by Crippen LogP contribution is 2.45. The van der Waals surface area contributed by atoms with Crippen LogP contribution in [0.5, 0.6) is 0 Å². The summed E-state index contributed by atoms with van der Waals surface area (Å²) in [5.74, 6) is -0.127. The largest absolute Gasteiger partial charge is 0.358 e. The van der Waals surface area contributed by atoms with Crippen LogP contribution >= 0.6 is 0 Å². The molecule has 0 amide bonds. The second-order valence-corrected chi connectivity index (χ2v) is 6.43. The maximum atomic E-state index is 13.3. The third-order valence-electron chi connectivity index (χ3n) is 5.03. The minimum absolute atomic E-state index is 0.0354. The monoisotopic (exact) mass is 304 g/mol. The van der Waals surface area contributed by atoms with Crippen LogP contribution in [0.15, 0.2) is 48.5 Å². The lowest BCUT2D eigenvalue weighted by Gasteiger charge is -2.32. The first kappa shape index (κ1) is 14.0. The van der Waals surface area contributed by atoms with Crippen LogP contribution < -0.4 is 0 Å². The third-order valence-corrected chi connectivity index (χ3v) is 5.03. The van der Waals surface area contributed by atoms with Crippen molar-refractivity contribution in [1.29, 1.82) is 5.26 Å². The van der Waals surface area contributed by atoms with Gasteiger partial charge in [-0.2, -0.15) is 5.26 Å². The van der Waals surface area contributed by atoms with Crippen LogP contribution in [-0.4, -0.2) is 4.98 Å². The number of para-hydroxylation sites is 1. The summed E-state index contributed by atoms with van der Waals surface area (Å²) < 4.78 is 13.3. The van der Waals surface area contributed by atoms with Crippen molar-refractivity contribution in [3.8, 4) is 6.07 Å². The number of aromatic amines is 1. The molecule has 0 saturated heterocycles. The van der Waals surface area contributed by atoms with E-state index in [4.69, 9.17) is 0 Å². The van der Waals surface area contributed by atoms with Crippen LogP contribution in [-0.2, 0) is 6.42 Å². The van der Waals surface area contributed by atoms with E-state index in [1.165, 1.54) is 23.1 Å². The number of fused-ring (bicyclic) bond motifs is 3. The van der Waals surface area contributed by atoms with Crippen LogP contribution in [0.25, 0.3) is 10.9 Å². The lowest BCUT2D eigenvalue weighted by molar-refractivity contribution is 0.369. The van der Waals surface area contributed by atoms with E-state index in [1.54, 1.807) is 12.1 Å². The van der Waals surface area contributed by atoms with Gasteiger partial charge in [-0.25, -0.2) is 4.39 Å². The molecule has 1 aliphatic carbocycles. The lowest BCUT2D eigenvalue weighted by atomic mass is 9.70. The number of halogens is 1. The zero-order chi connectivity index (χ0) is 16.0. The molecule has 0 spiro atoms. The molecular formula is C20H17FN2. The molecule has 2 nitrogen and oxygen atoms in total. The minimum Gasteiger partial charge on any atom is -0.358 e. The summed E-state index contributed by atoms with van der Waals surface area (Å²) in [5.41, 5.74) is 4.52. The molecule has 1 aromatic heterocycles. The summed E-state index contributed by atoms with van der Waals surface area (Å²) >= 11 is 0. The molecule has 114 valence electrons. The first-order valence-corrected chi connectivity index (χ1v) is 7.93. The van der Waals surface area contributed by atoms with E-state index >= 15 is 0 Å². The van der Waals surface area contributed by atoms with Crippen molar-refractivity contribution in [2.75, 3.05) is 0 Å². The van der Waals surface area contributed by atoms with E-state index in [-0.39, 0.29) is 23.6 Å². The minimum atomic E-state index is -0.247. The van der Waals surface area contributed by atoms with Gasteiger partial charge in [0.2, 0.25) is 0 Å². The van der Waals surface area contributed by atoms with E-state index in [0.29, 0.717) is 0 Å². The zero-order valence-corrected chi connectivity index (χ0v) is 12.9. The van der Waals surface area contributed by atoms with Gasteiger partial charge in [-0.3, -0.25) is 0 Å². The first-order valence-electron chi connectivity index (χ1n) is 7.93. The lowest BCUT2D eigenvalue weighted by Crippen LogP contribution is -2.27. The Balaban J connectivity index is 1.95. The van der Waals surface area contributed by atoms with Gasteiger partial charge in [0.25, 0.3) is 0 Å². The van der Waals surface area contributed by atoms with E-state index in [9.17, 15) is 9.65 Å². The summed E-state index contributed by atoms with van der Waals surface area (Å²) in [4.78, 5) is 3.52. The Bertz CT molecular complexity index is 902. The van der Waals surface area contributed by atoms with Gasteiger partial charge in [-0.15, -0.1) is 0 Å². The van der Waals surface area contributed by atoms with E-state index < -0.39 is 0 Å². The molecule has 3 heteroatoms. The van der Waals surface area contributed by atoms with Crippen molar-refractivity contribution in [3.05, 3.63) is 71.2 Å². The molecule has 0 radical (unpaired) electrons. The van der Waals surface area contributed by atoms with Gasteiger partial charge >= 0.3 is 0 Å². The smallest absolute Gasteiger partial charge is 0.123 e. The van der Waals surface area contributed by atoms with Crippen molar-refractivity contribution in [2.24, 2.45) is 11.8 Å². The molecular weight excluding hydrogens is 287 g/mol. The number of nitrogens with one attached hydrogen (secondary N) is 1. The Morgan fingerprint density at radius 2 is 1.87 bits per heavy atom. The van der Waals surface area contributed by atoms with Crippen LogP contribution in [0.2, 0.25) is 0 Å². The molecule has 3 aromatic rings. The van der Waals surface area contributed by atoms with Crippen molar-refractivity contribution >= 4 is 10.9 Å². The molecule has 1 N–H and O–H groups in total. The molecule has 23 heavy (non-hydrogen) atoms. The van der Waals surface area contributed by atoms with Crippen molar-refractivity contribution in [2.45, 2.75) is 19.3 Å². The molecule has 3 atom stereocenters. The first-order chi connectivity index (χ1) is 11.2. The summed E-state index contributed by atoms with van der Waals surface area (Å²) in [5, 5.41) is 10.9. The Morgan fingerprint density at radius 3 is 2.61 bits per heavy atom. The molecule has 0 bridgehead atoms. The van der Waals surface area contributed by atoms with Gasteiger partial charge < -0.3 is 4.98 Å². The van der Waals surface area contributed by atoms with Crippen molar-refractivity contribution in [1.82, 2.24) is 4.98 Å². The Kier molecular flexibility index (Phi) is 3.20. The van der Waals surface area contributed by atoms with Gasteiger partial charge in [-0.05, 0) is 41.7 Å². The highest BCUT2D eigenvalue weighted by molar-refractivity contribution is 5.85. The molecule has 2 aromatic carbocycles. The Labute approximate surface area is 134 Å². The second-order valence-electron chi connectivity index (χ2n) is 6.43. The highest BCUT2D eigenvalue weighted by atomic mass is 19.1. The van der Waals surface area contributed by atoms with Crippen LogP contribution in [0.4, 0.5) is 4.39 Å². The summed E-state index contributed by atoms with van der Waals surface area (Å²) in [6.07, 6.45) is 0.898. The fourth-order valence-corrected chi connectivity index (χ4v) is 3.91. The molecule has 1 aliphatic rings.